The Labute approximate surface area is 74.0 Å². The predicted molar refractivity (Wildman–Crippen MR) is 52.3 cm³/mol. The lowest BCUT2D eigenvalue weighted by molar-refractivity contribution is 0.686. The first-order valence-electron chi connectivity index (χ1n) is 4.35. The second-order valence-electron chi connectivity index (χ2n) is 3.44. The van der Waals surface area contributed by atoms with Gasteiger partial charge in [-0.2, -0.15) is 0 Å². The number of nitrogens with one attached hydrogen (secondary N) is 1. The summed E-state index contributed by atoms with van der Waals surface area (Å²) in [6.07, 6.45) is 1.82. The van der Waals surface area contributed by atoms with Crippen molar-refractivity contribution in [3.05, 3.63) is 23.9 Å². The fourth-order valence-electron chi connectivity index (χ4n) is 0.972. The van der Waals surface area contributed by atoms with Gasteiger partial charge in [-0.25, -0.2) is 4.98 Å². The quantitative estimate of drug-likeness (QED) is 0.742. The first-order valence-corrected chi connectivity index (χ1v) is 4.35. The van der Waals surface area contributed by atoms with Crippen LogP contribution in [0.4, 0.5) is 5.82 Å². The Kier molecular flexibility index (Phi) is 3.09. The molecule has 0 atom stereocenters. The Bertz CT molecular complexity index is 243. The summed E-state index contributed by atoms with van der Waals surface area (Å²) >= 11 is 0. The molecule has 1 aromatic heterocycles. The Morgan fingerprint density at radius 3 is 2.83 bits per heavy atom. The monoisotopic (exact) mass is 164 g/mol. The maximum atomic E-state index is 4.24. The third-order valence-electron chi connectivity index (χ3n) is 1.69. The van der Waals surface area contributed by atoms with Crippen LogP contribution in [-0.2, 0) is 0 Å². The topological polar surface area (TPSA) is 24.9 Å². The van der Waals surface area contributed by atoms with Gasteiger partial charge in [0.2, 0.25) is 0 Å². The highest BCUT2D eigenvalue weighted by molar-refractivity contribution is 5.42. The average Bonchev–Trinajstić information content (AvgIpc) is 2.03. The van der Waals surface area contributed by atoms with Crippen molar-refractivity contribution in [3.63, 3.8) is 0 Å². The summed E-state index contributed by atoms with van der Waals surface area (Å²) in [7, 11) is 0. The largest absolute Gasteiger partial charge is 0.370 e. The standard InChI is InChI=1S/C10H16N2/c1-8(2)7-12-10-9(3)5-4-6-11-10/h4-6,8H,7H2,1-3H3,(H,11,12). The number of nitrogens with zero attached hydrogens (tertiary/aromatic N) is 1. The zero-order chi connectivity index (χ0) is 8.97. The van der Waals surface area contributed by atoms with Crippen LogP contribution >= 0.6 is 0 Å². The highest BCUT2D eigenvalue weighted by Gasteiger charge is 1.97. The number of hydrogen-bond donors (Lipinski definition) is 1. The molecule has 0 radical (unpaired) electrons. The zero-order valence-electron chi connectivity index (χ0n) is 7.96. The molecule has 0 saturated heterocycles. The number of hydrogen-bond acceptors (Lipinski definition) is 2. The maximum Gasteiger partial charge on any atom is 0.128 e. The van der Waals surface area contributed by atoms with E-state index >= 15 is 0 Å². The molecule has 0 aromatic carbocycles. The molecule has 66 valence electrons. The Morgan fingerprint density at radius 2 is 2.25 bits per heavy atom. The lowest BCUT2D eigenvalue weighted by Gasteiger charge is -2.09. The molecule has 12 heavy (non-hydrogen) atoms. The van der Waals surface area contributed by atoms with Crippen molar-refractivity contribution in [2.45, 2.75) is 20.8 Å². The van der Waals surface area contributed by atoms with E-state index in [1.54, 1.807) is 0 Å². The molecule has 2 heteroatoms. The molecule has 0 amide bonds. The molecule has 0 unspecified atom stereocenters. The minimum Gasteiger partial charge on any atom is -0.370 e. The van der Waals surface area contributed by atoms with Gasteiger partial charge in [-0.05, 0) is 24.5 Å². The van der Waals surface area contributed by atoms with Crippen molar-refractivity contribution < 1.29 is 0 Å². The van der Waals surface area contributed by atoms with E-state index in [2.05, 4.69) is 37.1 Å². The highest BCUT2D eigenvalue weighted by atomic mass is 15.0. The third-order valence-corrected chi connectivity index (χ3v) is 1.69. The molecule has 2 nitrogen and oxygen atoms in total. The molecule has 0 fully saturated rings. The molecular formula is C10H16N2. The van der Waals surface area contributed by atoms with E-state index in [0.29, 0.717) is 5.92 Å². The average molecular weight is 164 g/mol. The molecule has 1 rings (SSSR count). The van der Waals surface area contributed by atoms with Gasteiger partial charge >= 0.3 is 0 Å². The molecular weight excluding hydrogens is 148 g/mol. The van der Waals surface area contributed by atoms with E-state index in [0.717, 1.165) is 12.4 Å². The lowest BCUT2D eigenvalue weighted by atomic mass is 10.2. The maximum absolute atomic E-state index is 4.24. The smallest absolute Gasteiger partial charge is 0.128 e. The van der Waals surface area contributed by atoms with E-state index in [1.807, 2.05) is 12.3 Å². The highest BCUT2D eigenvalue weighted by Crippen LogP contribution is 2.09. The molecule has 0 saturated carbocycles. The van der Waals surface area contributed by atoms with Gasteiger partial charge in [0.05, 0.1) is 0 Å². The Balaban J connectivity index is 2.57. The molecule has 0 spiro atoms. The molecule has 1 heterocycles. The molecule has 0 aliphatic rings. The van der Waals surface area contributed by atoms with E-state index < -0.39 is 0 Å². The van der Waals surface area contributed by atoms with Gasteiger partial charge in [0.25, 0.3) is 0 Å². The van der Waals surface area contributed by atoms with Gasteiger partial charge in [-0.1, -0.05) is 19.9 Å². The predicted octanol–water partition coefficient (Wildman–Crippen LogP) is 2.46. The van der Waals surface area contributed by atoms with Crippen LogP contribution in [0.25, 0.3) is 0 Å². The Morgan fingerprint density at radius 1 is 1.50 bits per heavy atom. The summed E-state index contributed by atoms with van der Waals surface area (Å²) in [4.78, 5) is 4.24. The Hall–Kier alpha value is -1.05. The SMILES string of the molecule is Cc1cccnc1NCC(C)C. The summed E-state index contributed by atoms with van der Waals surface area (Å²) in [5, 5.41) is 3.30. The van der Waals surface area contributed by atoms with E-state index in [9.17, 15) is 0 Å². The van der Waals surface area contributed by atoms with Crippen LogP contribution in [0.2, 0.25) is 0 Å². The van der Waals surface area contributed by atoms with Crippen molar-refractivity contribution in [2.75, 3.05) is 11.9 Å². The van der Waals surface area contributed by atoms with Crippen molar-refractivity contribution in [2.24, 2.45) is 5.92 Å². The third kappa shape index (κ3) is 2.53. The van der Waals surface area contributed by atoms with Gasteiger partial charge in [-0.15, -0.1) is 0 Å². The summed E-state index contributed by atoms with van der Waals surface area (Å²) < 4.78 is 0. The first kappa shape index (κ1) is 9.04. The first-order chi connectivity index (χ1) is 5.70. The summed E-state index contributed by atoms with van der Waals surface area (Å²) in [6.45, 7) is 7.42. The molecule has 1 aromatic rings. The fraction of sp³-hybridized carbons (Fsp3) is 0.500. The number of pyridine rings is 1. The van der Waals surface area contributed by atoms with E-state index in [1.165, 1.54) is 5.56 Å². The lowest BCUT2D eigenvalue weighted by Crippen LogP contribution is -2.09. The van der Waals surface area contributed by atoms with Crippen LogP contribution in [0.1, 0.15) is 19.4 Å². The summed E-state index contributed by atoms with van der Waals surface area (Å²) in [5.41, 5.74) is 1.21. The van der Waals surface area contributed by atoms with Crippen molar-refractivity contribution in [3.8, 4) is 0 Å². The molecule has 1 N–H and O–H groups in total. The molecule has 0 aliphatic heterocycles. The van der Waals surface area contributed by atoms with Gasteiger partial charge < -0.3 is 5.32 Å². The van der Waals surface area contributed by atoms with Gasteiger partial charge in [0.15, 0.2) is 0 Å². The minimum atomic E-state index is 0.659. The summed E-state index contributed by atoms with van der Waals surface area (Å²) in [6, 6.07) is 4.02. The van der Waals surface area contributed by atoms with Gasteiger partial charge in [0.1, 0.15) is 5.82 Å². The normalized spacial score (nSPS) is 10.3. The number of rotatable bonds is 3. The number of anilines is 1. The fourth-order valence-corrected chi connectivity index (χ4v) is 0.972. The molecule has 0 bridgehead atoms. The van der Waals surface area contributed by atoms with E-state index in [4.69, 9.17) is 0 Å². The molecule has 0 aliphatic carbocycles. The van der Waals surface area contributed by atoms with Crippen molar-refractivity contribution >= 4 is 5.82 Å². The van der Waals surface area contributed by atoms with Crippen LogP contribution in [0.15, 0.2) is 18.3 Å². The van der Waals surface area contributed by atoms with Crippen LogP contribution in [-0.4, -0.2) is 11.5 Å². The number of aryl methyl sites for hydroxylation is 1. The van der Waals surface area contributed by atoms with Crippen LogP contribution in [0, 0.1) is 12.8 Å². The number of aromatic nitrogens is 1. The summed E-state index contributed by atoms with van der Waals surface area (Å²) in [5.74, 6) is 1.66. The van der Waals surface area contributed by atoms with Gasteiger partial charge in [0, 0.05) is 12.7 Å². The zero-order valence-corrected chi connectivity index (χ0v) is 7.96. The minimum absolute atomic E-state index is 0.659. The van der Waals surface area contributed by atoms with Crippen LogP contribution in [0.5, 0.6) is 0 Å². The second-order valence-corrected chi connectivity index (χ2v) is 3.44. The van der Waals surface area contributed by atoms with Crippen LogP contribution < -0.4 is 5.32 Å². The van der Waals surface area contributed by atoms with Gasteiger partial charge in [-0.3, -0.25) is 0 Å². The van der Waals surface area contributed by atoms with Crippen molar-refractivity contribution in [1.29, 1.82) is 0 Å². The van der Waals surface area contributed by atoms with E-state index in [-0.39, 0.29) is 0 Å². The van der Waals surface area contributed by atoms with Crippen LogP contribution in [0.3, 0.4) is 0 Å². The second kappa shape index (κ2) is 4.10. The van der Waals surface area contributed by atoms with Crippen molar-refractivity contribution in [1.82, 2.24) is 4.98 Å².